The third-order valence-corrected chi connectivity index (χ3v) is 3.21. The lowest BCUT2D eigenvalue weighted by molar-refractivity contribution is 0.102. The summed E-state index contributed by atoms with van der Waals surface area (Å²) in [7, 11) is 0. The van der Waals surface area contributed by atoms with Crippen LogP contribution in [0.1, 0.15) is 46.7 Å². The summed E-state index contributed by atoms with van der Waals surface area (Å²) in [6.45, 7) is 8.79. The summed E-state index contributed by atoms with van der Waals surface area (Å²) in [4.78, 5) is 12.6. The molecular formula is C16H20N2O. The van der Waals surface area contributed by atoms with Crippen molar-refractivity contribution in [3.05, 3.63) is 52.3 Å². The fourth-order valence-corrected chi connectivity index (χ4v) is 2.32. The first-order chi connectivity index (χ1) is 9.05. The minimum Gasteiger partial charge on any atom is -0.287 e. The monoisotopic (exact) mass is 256 g/mol. The van der Waals surface area contributed by atoms with E-state index in [1.807, 2.05) is 45.9 Å². The van der Waals surface area contributed by atoms with E-state index >= 15 is 0 Å². The molecule has 0 unspecified atom stereocenters. The van der Waals surface area contributed by atoms with Crippen LogP contribution >= 0.6 is 0 Å². The highest BCUT2D eigenvalue weighted by molar-refractivity contribution is 6.08. The molecule has 0 aliphatic rings. The number of hydrogen-bond acceptors (Lipinski definition) is 2. The van der Waals surface area contributed by atoms with Crippen LogP contribution in [-0.4, -0.2) is 15.6 Å². The summed E-state index contributed by atoms with van der Waals surface area (Å²) in [6, 6.07) is 7.86. The van der Waals surface area contributed by atoms with Gasteiger partial charge in [0.05, 0.1) is 5.69 Å². The topological polar surface area (TPSA) is 34.9 Å². The van der Waals surface area contributed by atoms with E-state index in [0.717, 1.165) is 28.8 Å². The Labute approximate surface area is 114 Å². The minimum absolute atomic E-state index is 0.0563. The van der Waals surface area contributed by atoms with Crippen LogP contribution in [0.5, 0.6) is 0 Å². The Morgan fingerprint density at radius 2 is 1.74 bits per heavy atom. The maximum absolute atomic E-state index is 12.6. The van der Waals surface area contributed by atoms with Gasteiger partial charge in [-0.3, -0.25) is 9.48 Å². The highest BCUT2D eigenvalue weighted by Gasteiger charge is 2.16. The molecule has 0 bridgehead atoms. The Morgan fingerprint density at radius 3 is 2.26 bits per heavy atom. The van der Waals surface area contributed by atoms with E-state index in [2.05, 4.69) is 11.2 Å². The van der Waals surface area contributed by atoms with Gasteiger partial charge in [-0.15, -0.1) is 0 Å². The van der Waals surface area contributed by atoms with Crippen LogP contribution in [0.2, 0.25) is 0 Å². The van der Waals surface area contributed by atoms with Crippen molar-refractivity contribution in [1.82, 2.24) is 9.78 Å². The molecule has 1 heterocycles. The molecule has 3 nitrogen and oxygen atoms in total. The molecule has 1 aromatic carbocycles. The van der Waals surface area contributed by atoms with Gasteiger partial charge < -0.3 is 0 Å². The van der Waals surface area contributed by atoms with Crippen LogP contribution in [0.4, 0.5) is 0 Å². The van der Waals surface area contributed by atoms with Crippen LogP contribution in [0, 0.1) is 13.8 Å². The zero-order valence-corrected chi connectivity index (χ0v) is 12.0. The van der Waals surface area contributed by atoms with Gasteiger partial charge in [-0.2, -0.15) is 5.10 Å². The van der Waals surface area contributed by atoms with E-state index in [9.17, 15) is 4.79 Å². The van der Waals surface area contributed by atoms with Gasteiger partial charge in [0.25, 0.3) is 0 Å². The Balaban J connectivity index is 2.46. The zero-order chi connectivity index (χ0) is 14.0. The molecule has 0 saturated heterocycles. The number of rotatable bonds is 4. The lowest BCUT2D eigenvalue weighted by atomic mass is 10.0. The van der Waals surface area contributed by atoms with Crippen LogP contribution in [-0.2, 0) is 13.0 Å². The van der Waals surface area contributed by atoms with Crippen molar-refractivity contribution in [2.45, 2.75) is 40.7 Å². The zero-order valence-electron chi connectivity index (χ0n) is 12.0. The number of ketones is 1. The summed E-state index contributed by atoms with van der Waals surface area (Å²) in [5.74, 6) is 0.0563. The van der Waals surface area contributed by atoms with Gasteiger partial charge in [-0.05, 0) is 45.4 Å². The number of benzene rings is 1. The molecular weight excluding hydrogens is 236 g/mol. The molecule has 19 heavy (non-hydrogen) atoms. The fraction of sp³-hybridized carbons (Fsp3) is 0.375. The van der Waals surface area contributed by atoms with E-state index < -0.39 is 0 Å². The van der Waals surface area contributed by atoms with Crippen molar-refractivity contribution in [3.8, 4) is 0 Å². The molecule has 0 N–H and O–H groups in total. The van der Waals surface area contributed by atoms with E-state index in [-0.39, 0.29) is 5.78 Å². The van der Waals surface area contributed by atoms with Crippen LogP contribution in [0.3, 0.4) is 0 Å². The molecule has 0 fully saturated rings. The van der Waals surface area contributed by atoms with Crippen molar-refractivity contribution in [2.24, 2.45) is 0 Å². The quantitative estimate of drug-likeness (QED) is 0.787. The average molecular weight is 256 g/mol. The lowest BCUT2D eigenvalue weighted by Gasteiger charge is -2.06. The van der Waals surface area contributed by atoms with E-state index in [4.69, 9.17) is 0 Å². The SMILES string of the molecule is CCc1cc(C(=O)c2cc(C)cc(C)c2)n(CC)n1. The fourth-order valence-electron chi connectivity index (χ4n) is 2.32. The molecule has 0 aliphatic heterocycles. The van der Waals surface area contributed by atoms with E-state index in [1.54, 1.807) is 4.68 Å². The van der Waals surface area contributed by atoms with Gasteiger partial charge in [0.15, 0.2) is 0 Å². The van der Waals surface area contributed by atoms with Crippen molar-refractivity contribution in [2.75, 3.05) is 0 Å². The third-order valence-electron chi connectivity index (χ3n) is 3.21. The summed E-state index contributed by atoms with van der Waals surface area (Å²) in [6.07, 6.45) is 0.847. The molecule has 3 heteroatoms. The summed E-state index contributed by atoms with van der Waals surface area (Å²) in [5.41, 5.74) is 4.62. The van der Waals surface area contributed by atoms with Crippen LogP contribution in [0.25, 0.3) is 0 Å². The Kier molecular flexibility index (Phi) is 3.84. The molecule has 0 aliphatic carbocycles. The summed E-state index contributed by atoms with van der Waals surface area (Å²) >= 11 is 0. The molecule has 0 atom stereocenters. The van der Waals surface area contributed by atoms with Crippen LogP contribution < -0.4 is 0 Å². The third kappa shape index (κ3) is 2.75. The molecule has 0 saturated carbocycles. The first-order valence-electron chi connectivity index (χ1n) is 6.74. The number of nitrogens with zero attached hydrogens (tertiary/aromatic N) is 2. The summed E-state index contributed by atoms with van der Waals surface area (Å²) < 4.78 is 1.79. The Hall–Kier alpha value is -1.90. The Bertz CT molecular complexity index is 591. The highest BCUT2D eigenvalue weighted by atomic mass is 16.1. The van der Waals surface area contributed by atoms with Crippen molar-refractivity contribution in [3.63, 3.8) is 0 Å². The Morgan fingerprint density at radius 1 is 1.11 bits per heavy atom. The maximum atomic E-state index is 12.6. The van der Waals surface area contributed by atoms with Gasteiger partial charge in [-0.1, -0.05) is 24.1 Å². The molecule has 1 aromatic heterocycles. The molecule has 0 amide bonds. The average Bonchev–Trinajstić information content (AvgIpc) is 2.80. The van der Waals surface area contributed by atoms with E-state index in [0.29, 0.717) is 12.2 Å². The maximum Gasteiger partial charge on any atom is 0.211 e. The second-order valence-corrected chi connectivity index (χ2v) is 4.90. The normalized spacial score (nSPS) is 10.7. The summed E-state index contributed by atoms with van der Waals surface area (Å²) in [5, 5.41) is 4.43. The van der Waals surface area contributed by atoms with Gasteiger partial charge in [-0.25, -0.2) is 0 Å². The van der Waals surface area contributed by atoms with Gasteiger partial charge in [0.2, 0.25) is 5.78 Å². The predicted molar refractivity (Wildman–Crippen MR) is 76.6 cm³/mol. The van der Waals surface area contributed by atoms with Gasteiger partial charge in [0, 0.05) is 12.1 Å². The van der Waals surface area contributed by atoms with Gasteiger partial charge in [0.1, 0.15) is 5.69 Å². The molecule has 100 valence electrons. The molecule has 2 rings (SSSR count). The second-order valence-electron chi connectivity index (χ2n) is 4.90. The number of carbonyl (C=O) groups excluding carboxylic acids is 1. The second kappa shape index (κ2) is 5.39. The first kappa shape index (κ1) is 13.5. The smallest absolute Gasteiger partial charge is 0.211 e. The van der Waals surface area contributed by atoms with Crippen molar-refractivity contribution in [1.29, 1.82) is 0 Å². The highest BCUT2D eigenvalue weighted by Crippen LogP contribution is 2.15. The lowest BCUT2D eigenvalue weighted by Crippen LogP contribution is -2.10. The predicted octanol–water partition coefficient (Wildman–Crippen LogP) is 3.31. The van der Waals surface area contributed by atoms with Crippen LogP contribution in [0.15, 0.2) is 24.3 Å². The van der Waals surface area contributed by atoms with E-state index in [1.165, 1.54) is 0 Å². The van der Waals surface area contributed by atoms with Crippen molar-refractivity contribution < 1.29 is 4.79 Å². The minimum atomic E-state index is 0.0563. The first-order valence-corrected chi connectivity index (χ1v) is 6.74. The van der Waals surface area contributed by atoms with Gasteiger partial charge >= 0.3 is 0 Å². The molecule has 0 radical (unpaired) electrons. The van der Waals surface area contributed by atoms with Crippen molar-refractivity contribution >= 4 is 5.78 Å². The molecule has 2 aromatic rings. The number of aryl methyl sites for hydroxylation is 4. The molecule has 0 spiro atoms. The number of aromatic nitrogens is 2. The number of carbonyl (C=O) groups is 1. The largest absolute Gasteiger partial charge is 0.287 e. The number of hydrogen-bond donors (Lipinski definition) is 0. The standard InChI is InChI=1S/C16H20N2O/c1-5-14-10-15(18(6-2)17-14)16(19)13-8-11(3)7-12(4)9-13/h7-10H,5-6H2,1-4H3.